The molecule has 3 aromatic rings. The molecule has 3 rings (SSSR count). The van der Waals surface area contributed by atoms with Crippen molar-refractivity contribution in [3.8, 4) is 0 Å². The van der Waals surface area contributed by atoms with E-state index in [4.69, 9.17) is 18.1 Å². The van der Waals surface area contributed by atoms with E-state index in [-0.39, 0.29) is 49.7 Å². The first kappa shape index (κ1) is 39.0. The number of nitrogens with zero attached hydrogens (tertiary/aromatic N) is 6. The molecule has 44 heavy (non-hydrogen) atoms. The molecular formula is C18H18N6O16Si3V. The molecule has 0 aromatic heterocycles. The van der Waals surface area contributed by atoms with E-state index in [2.05, 4.69) is 0 Å². The molecule has 3 N–H and O–H groups in total. The molecule has 0 unspecified atom stereocenters. The second kappa shape index (κ2) is 19.2. The van der Waals surface area contributed by atoms with Gasteiger partial charge in [-0.05, 0) is 15.6 Å². The first-order chi connectivity index (χ1) is 20.6. The molecule has 0 aliphatic carbocycles. The fraction of sp³-hybridized carbons (Fsp3) is 0. The minimum atomic E-state index is -1.62. The van der Waals surface area contributed by atoms with Gasteiger partial charge in [0.05, 0.1) is 47.7 Å². The molecule has 233 valence electrons. The number of hydrogen-bond acceptors (Lipinski definition) is 16. The minimum absolute atomic E-state index is 0.283. The summed E-state index contributed by atoms with van der Waals surface area (Å²) in [4.78, 5) is 84.4. The molecule has 0 amide bonds. The molecule has 0 heterocycles. The summed E-state index contributed by atoms with van der Waals surface area (Å²) in [5.41, 5.74) is -2.19. The Hall–Kier alpha value is -5.02. The van der Waals surface area contributed by atoms with E-state index in [1.807, 2.05) is 0 Å². The zero-order chi connectivity index (χ0) is 34.1. The van der Waals surface area contributed by atoms with Crippen LogP contribution in [-0.2, 0) is 21.0 Å². The average Bonchev–Trinajstić information content (AvgIpc) is 3.01. The van der Waals surface area contributed by atoms with Crippen LogP contribution in [0.5, 0.6) is 0 Å². The Morgan fingerprint density at radius 3 is 0.614 bits per heavy atom. The zero-order valence-electron chi connectivity index (χ0n) is 21.6. The number of nitro groups is 6. The summed E-state index contributed by atoms with van der Waals surface area (Å²) in [6.07, 6.45) is 0. The van der Waals surface area contributed by atoms with Crippen LogP contribution in [0.3, 0.4) is 0 Å². The Morgan fingerprint density at radius 1 is 0.386 bits per heavy atom. The van der Waals surface area contributed by atoms with Crippen LogP contribution in [0.15, 0.2) is 54.6 Å². The summed E-state index contributed by atoms with van der Waals surface area (Å²) < 4.78 is 8.19. The van der Waals surface area contributed by atoms with Crippen molar-refractivity contribution in [2.75, 3.05) is 0 Å². The first-order valence-corrected chi connectivity index (χ1v) is 15.5. The Labute approximate surface area is 258 Å². The normalized spacial score (nSPS) is 10.2. The first-order valence-electron chi connectivity index (χ1n) is 10.9. The molecule has 0 fully saturated rings. The third-order valence-corrected chi connectivity index (χ3v) is 7.02. The average molecular weight is 710 g/mol. The second-order valence-corrected chi connectivity index (χ2v) is 11.0. The van der Waals surface area contributed by atoms with Crippen molar-refractivity contribution in [1.82, 2.24) is 0 Å². The Kier molecular flexibility index (Phi) is 17.0. The fourth-order valence-corrected chi connectivity index (χ4v) is 4.68. The molecule has 0 aliphatic heterocycles. The summed E-state index contributed by atoms with van der Waals surface area (Å²) in [6.45, 7) is 0. The molecule has 26 heteroatoms. The number of non-ortho nitro benzene ring substituents is 6. The van der Waals surface area contributed by atoms with Crippen LogP contribution < -0.4 is 15.6 Å². The molecule has 0 spiro atoms. The summed E-state index contributed by atoms with van der Waals surface area (Å²) in [5, 5.41) is 63.0. The van der Waals surface area contributed by atoms with E-state index in [0.29, 0.717) is 0 Å². The van der Waals surface area contributed by atoms with E-state index in [1.54, 1.807) is 0 Å². The van der Waals surface area contributed by atoms with Gasteiger partial charge in [-0.25, -0.2) is 0 Å². The van der Waals surface area contributed by atoms with Crippen LogP contribution in [0.4, 0.5) is 34.1 Å². The van der Waals surface area contributed by atoms with Gasteiger partial charge >= 0.3 is 21.0 Å². The van der Waals surface area contributed by atoms with Crippen LogP contribution >= 0.6 is 0 Å². The van der Waals surface area contributed by atoms with Crippen LogP contribution in [-0.4, -0.2) is 73.2 Å². The molecule has 0 saturated heterocycles. The van der Waals surface area contributed by atoms with E-state index >= 15 is 0 Å². The summed E-state index contributed by atoms with van der Waals surface area (Å²) in [5.74, 6) is 0. The Morgan fingerprint density at radius 2 is 0.523 bits per heavy atom. The van der Waals surface area contributed by atoms with Crippen molar-refractivity contribution < 1.29 is 65.0 Å². The van der Waals surface area contributed by atoms with Gasteiger partial charge in [0.15, 0.2) is 29.3 Å². The quantitative estimate of drug-likeness (QED) is 0.117. The van der Waals surface area contributed by atoms with Gasteiger partial charge < -0.3 is 14.4 Å². The second-order valence-electron chi connectivity index (χ2n) is 7.59. The van der Waals surface area contributed by atoms with E-state index < -0.39 is 58.8 Å². The van der Waals surface area contributed by atoms with Gasteiger partial charge in [0, 0.05) is 36.4 Å². The Bertz CT molecular complexity index is 1290. The predicted molar refractivity (Wildman–Crippen MR) is 151 cm³/mol. The number of rotatable bonds is 9. The van der Waals surface area contributed by atoms with E-state index in [0.717, 1.165) is 72.0 Å². The van der Waals surface area contributed by atoms with E-state index in [1.165, 1.54) is 0 Å². The molecule has 0 atom stereocenters. The van der Waals surface area contributed by atoms with Crippen molar-refractivity contribution in [2.45, 2.75) is 0 Å². The van der Waals surface area contributed by atoms with Crippen molar-refractivity contribution >= 4 is 79.0 Å². The standard InChI is InChI=1S/3C6H6N2O5Si.O.V/c3*9-7(10)4-1-5(8(11)12)3-6(2-4)14-13;;/h3*1-3,13H,14H2;;. The van der Waals surface area contributed by atoms with Crippen LogP contribution in [0, 0.1) is 60.7 Å². The summed E-state index contributed by atoms with van der Waals surface area (Å²) >= 11 is 1.06. The van der Waals surface area contributed by atoms with Crippen molar-refractivity contribution in [2.24, 2.45) is 0 Å². The summed E-state index contributed by atoms with van der Waals surface area (Å²) in [6, 6.07) is 9.52. The fourth-order valence-electron chi connectivity index (χ4n) is 2.88. The third kappa shape index (κ3) is 12.9. The number of hydrogen-bond donors (Lipinski definition) is 3. The predicted octanol–water partition coefficient (Wildman–Crippen LogP) is -2.51. The van der Waals surface area contributed by atoms with Crippen LogP contribution in [0.2, 0.25) is 0 Å². The molecule has 0 radical (unpaired) electrons. The third-order valence-electron chi connectivity index (χ3n) is 4.70. The van der Waals surface area contributed by atoms with Gasteiger partial charge in [-0.3, -0.25) is 60.7 Å². The molecule has 0 aliphatic rings. The van der Waals surface area contributed by atoms with Gasteiger partial charge in [-0.2, -0.15) is 0 Å². The van der Waals surface area contributed by atoms with Crippen LogP contribution in [0.25, 0.3) is 0 Å². The van der Waals surface area contributed by atoms with Crippen molar-refractivity contribution in [3.05, 3.63) is 115 Å². The van der Waals surface area contributed by atoms with Gasteiger partial charge in [-0.15, -0.1) is 0 Å². The molecule has 0 bridgehead atoms. The molecular weight excluding hydrogens is 691 g/mol. The van der Waals surface area contributed by atoms with Gasteiger partial charge in [0.1, 0.15) is 0 Å². The number of benzene rings is 3. The maximum absolute atomic E-state index is 10.4. The molecule has 0 saturated carbocycles. The monoisotopic (exact) mass is 709 g/mol. The molecule has 3 aromatic carbocycles. The zero-order valence-corrected chi connectivity index (χ0v) is 27.2. The van der Waals surface area contributed by atoms with Gasteiger partial charge in [0.25, 0.3) is 34.1 Å². The summed E-state index contributed by atoms with van der Waals surface area (Å²) in [7, 11) is -4.87. The van der Waals surface area contributed by atoms with Crippen LogP contribution in [0.1, 0.15) is 0 Å². The molecule has 22 nitrogen and oxygen atoms in total. The van der Waals surface area contributed by atoms with Gasteiger partial charge in [0.2, 0.25) is 0 Å². The van der Waals surface area contributed by atoms with Crippen molar-refractivity contribution in [3.63, 3.8) is 0 Å². The number of nitro benzene ring substituents is 6. The van der Waals surface area contributed by atoms with Gasteiger partial charge in [-0.1, -0.05) is 0 Å². The maximum atomic E-state index is 10.4. The topological polar surface area (TPSA) is 337 Å². The SMILES string of the molecule is O=[N+]([O-])c1cc([SiH2]O)cc([N+](=O)[O-])c1.O=[N+]([O-])c1cc([SiH2]O)cc([N+](=O)[O-])c1.O=[N+]([O-])c1cc([SiH2]O)cc([N+](=O)[O-])c1.[O]=[V]. The Balaban J connectivity index is 0.000000612. The van der Waals surface area contributed by atoms with E-state index in [9.17, 15) is 60.7 Å². The van der Waals surface area contributed by atoms with Crippen molar-refractivity contribution in [1.29, 1.82) is 0 Å².